The van der Waals surface area contributed by atoms with Crippen LogP contribution in [0.2, 0.25) is 5.02 Å². The largest absolute Gasteiger partial charge is 1.00 e. The minimum atomic E-state index is -0.413. The van der Waals surface area contributed by atoms with Gasteiger partial charge >= 0.3 is 5.97 Å². The molecule has 0 amide bonds. The molecule has 0 unspecified atom stereocenters. The van der Waals surface area contributed by atoms with E-state index >= 15 is 0 Å². The van der Waals surface area contributed by atoms with Crippen LogP contribution in [0.3, 0.4) is 0 Å². The molecular weight excluding hydrogens is 407 g/mol. The molecule has 8 heteroatoms. The Labute approximate surface area is 172 Å². The SMILES string of the molecule is COc1cc(C=NNc2ccc(Cl)cc2)ccc1OC(=O)c1cccs1.[Cl-]. The number of hydrazone groups is 1. The average Bonchev–Trinajstić information content (AvgIpc) is 3.19. The summed E-state index contributed by atoms with van der Waals surface area (Å²) in [5, 5.41) is 6.65. The van der Waals surface area contributed by atoms with E-state index in [0.29, 0.717) is 21.4 Å². The van der Waals surface area contributed by atoms with Crippen LogP contribution in [0.15, 0.2) is 65.1 Å². The van der Waals surface area contributed by atoms with Crippen LogP contribution in [0, 0.1) is 0 Å². The molecular formula is C19H15Cl2N2O3S-. The first kappa shape index (κ1) is 20.8. The lowest BCUT2D eigenvalue weighted by atomic mass is 10.2. The predicted octanol–water partition coefficient (Wildman–Crippen LogP) is 2.08. The summed E-state index contributed by atoms with van der Waals surface area (Å²) in [6, 6.07) is 15.9. The van der Waals surface area contributed by atoms with Gasteiger partial charge in [0.05, 0.1) is 19.0 Å². The number of nitrogens with one attached hydrogen (secondary N) is 1. The Morgan fingerprint density at radius 2 is 1.93 bits per heavy atom. The lowest BCUT2D eigenvalue weighted by Gasteiger charge is -2.09. The van der Waals surface area contributed by atoms with Crippen molar-refractivity contribution < 1.29 is 26.7 Å². The number of hydrogen-bond donors (Lipinski definition) is 1. The van der Waals surface area contributed by atoms with Gasteiger partial charge in [0.15, 0.2) is 11.5 Å². The Morgan fingerprint density at radius 3 is 2.59 bits per heavy atom. The molecule has 2 aromatic carbocycles. The van der Waals surface area contributed by atoms with Crippen LogP contribution in [0.4, 0.5) is 5.69 Å². The van der Waals surface area contributed by atoms with Gasteiger partial charge in [-0.1, -0.05) is 17.7 Å². The molecule has 1 aromatic heterocycles. The third-order valence-corrected chi connectivity index (χ3v) is 4.47. The van der Waals surface area contributed by atoms with Crippen molar-refractivity contribution in [3.63, 3.8) is 0 Å². The van der Waals surface area contributed by atoms with Crippen molar-refractivity contribution in [2.75, 3.05) is 12.5 Å². The number of esters is 1. The van der Waals surface area contributed by atoms with Gasteiger partial charge in [0, 0.05) is 5.02 Å². The van der Waals surface area contributed by atoms with Gasteiger partial charge in [-0.15, -0.1) is 11.3 Å². The molecule has 0 radical (unpaired) electrons. The zero-order valence-corrected chi connectivity index (χ0v) is 16.5. The van der Waals surface area contributed by atoms with E-state index in [2.05, 4.69) is 10.5 Å². The zero-order valence-electron chi connectivity index (χ0n) is 14.2. The van der Waals surface area contributed by atoms with E-state index in [0.717, 1.165) is 11.3 Å². The first-order valence-electron chi connectivity index (χ1n) is 7.64. The van der Waals surface area contributed by atoms with E-state index in [9.17, 15) is 4.79 Å². The summed E-state index contributed by atoms with van der Waals surface area (Å²) in [6.07, 6.45) is 1.64. The van der Waals surface area contributed by atoms with Crippen molar-refractivity contribution in [3.8, 4) is 11.5 Å². The van der Waals surface area contributed by atoms with Gasteiger partial charge in [0.1, 0.15) is 4.88 Å². The highest BCUT2D eigenvalue weighted by molar-refractivity contribution is 7.12. The van der Waals surface area contributed by atoms with Crippen molar-refractivity contribution >= 4 is 40.8 Å². The molecule has 140 valence electrons. The summed E-state index contributed by atoms with van der Waals surface area (Å²) < 4.78 is 10.7. The Hall–Kier alpha value is -2.54. The number of carbonyl (C=O) groups excluding carboxylic acids is 1. The monoisotopic (exact) mass is 421 g/mol. The van der Waals surface area contributed by atoms with Gasteiger partial charge in [-0.2, -0.15) is 5.10 Å². The second kappa shape index (κ2) is 9.97. The average molecular weight is 422 g/mol. The van der Waals surface area contributed by atoms with E-state index < -0.39 is 5.97 Å². The molecule has 27 heavy (non-hydrogen) atoms. The molecule has 0 saturated heterocycles. The fourth-order valence-electron chi connectivity index (χ4n) is 2.10. The van der Waals surface area contributed by atoms with E-state index in [1.54, 1.807) is 48.7 Å². The highest BCUT2D eigenvalue weighted by atomic mass is 35.5. The van der Waals surface area contributed by atoms with E-state index in [1.165, 1.54) is 18.4 Å². The molecule has 0 fully saturated rings. The van der Waals surface area contributed by atoms with Gasteiger partial charge in [0.2, 0.25) is 0 Å². The predicted molar refractivity (Wildman–Crippen MR) is 105 cm³/mol. The quantitative estimate of drug-likeness (QED) is 0.286. The Balaban J connectivity index is 0.00000261. The summed E-state index contributed by atoms with van der Waals surface area (Å²) in [5.74, 6) is 0.392. The van der Waals surface area contributed by atoms with Crippen LogP contribution in [-0.4, -0.2) is 19.3 Å². The van der Waals surface area contributed by atoms with Crippen LogP contribution in [0.25, 0.3) is 0 Å². The van der Waals surface area contributed by atoms with E-state index in [1.807, 2.05) is 17.5 Å². The minimum Gasteiger partial charge on any atom is -1.00 e. The molecule has 0 bridgehead atoms. The summed E-state index contributed by atoms with van der Waals surface area (Å²) in [4.78, 5) is 12.6. The fraction of sp³-hybridized carbons (Fsp3) is 0.0526. The van der Waals surface area contributed by atoms with Crippen LogP contribution in [-0.2, 0) is 0 Å². The molecule has 0 saturated carbocycles. The molecule has 0 aliphatic carbocycles. The molecule has 1 N–H and O–H groups in total. The third kappa shape index (κ3) is 5.72. The normalized spacial score (nSPS) is 10.3. The van der Waals surface area contributed by atoms with Crippen LogP contribution < -0.4 is 27.3 Å². The Kier molecular flexibility index (Phi) is 7.67. The molecule has 0 aliphatic heterocycles. The molecule has 1 heterocycles. The Bertz CT molecular complexity index is 913. The number of ether oxygens (including phenoxy) is 2. The number of rotatable bonds is 6. The fourth-order valence-corrected chi connectivity index (χ4v) is 2.82. The molecule has 5 nitrogen and oxygen atoms in total. The second-order valence-corrected chi connectivity index (χ2v) is 6.54. The van der Waals surface area contributed by atoms with Crippen molar-refractivity contribution in [1.82, 2.24) is 0 Å². The number of hydrogen-bond acceptors (Lipinski definition) is 6. The maximum Gasteiger partial charge on any atom is 0.353 e. The van der Waals surface area contributed by atoms with Crippen LogP contribution in [0.1, 0.15) is 15.2 Å². The zero-order chi connectivity index (χ0) is 18.4. The lowest BCUT2D eigenvalue weighted by molar-refractivity contribution is -0.0000178. The maximum absolute atomic E-state index is 12.1. The highest BCUT2D eigenvalue weighted by Gasteiger charge is 2.13. The third-order valence-electron chi connectivity index (χ3n) is 3.36. The topological polar surface area (TPSA) is 59.9 Å². The molecule has 3 rings (SSSR count). The maximum atomic E-state index is 12.1. The molecule has 0 atom stereocenters. The van der Waals surface area contributed by atoms with Crippen molar-refractivity contribution in [3.05, 3.63) is 75.4 Å². The summed E-state index contributed by atoms with van der Waals surface area (Å²) in [7, 11) is 1.52. The number of methoxy groups -OCH3 is 1. The van der Waals surface area contributed by atoms with Crippen molar-refractivity contribution in [2.45, 2.75) is 0 Å². The summed E-state index contributed by atoms with van der Waals surface area (Å²) in [5.41, 5.74) is 4.52. The van der Waals surface area contributed by atoms with Gasteiger partial charge in [-0.25, -0.2) is 4.79 Å². The van der Waals surface area contributed by atoms with Gasteiger partial charge in [-0.05, 0) is 59.5 Å². The first-order valence-corrected chi connectivity index (χ1v) is 8.90. The lowest BCUT2D eigenvalue weighted by Crippen LogP contribution is -3.00. The second-order valence-electron chi connectivity index (χ2n) is 5.15. The number of benzene rings is 2. The number of thiophene rings is 1. The van der Waals surface area contributed by atoms with E-state index in [4.69, 9.17) is 21.1 Å². The summed E-state index contributed by atoms with van der Waals surface area (Å²) in [6.45, 7) is 0. The molecule has 3 aromatic rings. The smallest absolute Gasteiger partial charge is 0.353 e. The standard InChI is InChI=1S/C19H15ClN2O3S.ClH/c1-24-17-11-13(12-21-22-15-7-5-14(20)6-8-15)4-9-16(17)25-19(23)18-3-2-10-26-18;/h2-12,22H,1H3;1H/p-1. The van der Waals surface area contributed by atoms with E-state index in [-0.39, 0.29) is 12.4 Å². The van der Waals surface area contributed by atoms with Gasteiger partial charge in [0.25, 0.3) is 0 Å². The highest BCUT2D eigenvalue weighted by Crippen LogP contribution is 2.29. The van der Waals surface area contributed by atoms with Crippen LogP contribution in [0.5, 0.6) is 11.5 Å². The van der Waals surface area contributed by atoms with Crippen molar-refractivity contribution in [2.24, 2.45) is 5.10 Å². The summed E-state index contributed by atoms with van der Waals surface area (Å²) >= 11 is 7.17. The number of carbonyl (C=O) groups is 1. The minimum absolute atomic E-state index is 0. The van der Waals surface area contributed by atoms with Crippen LogP contribution >= 0.6 is 22.9 Å². The number of anilines is 1. The first-order chi connectivity index (χ1) is 12.7. The molecule has 0 aliphatic rings. The number of halogens is 2. The number of nitrogens with zero attached hydrogens (tertiary/aromatic N) is 1. The van der Waals surface area contributed by atoms with Gasteiger partial charge in [-0.3, -0.25) is 5.43 Å². The van der Waals surface area contributed by atoms with Crippen molar-refractivity contribution in [1.29, 1.82) is 0 Å². The van der Waals surface area contributed by atoms with Gasteiger partial charge < -0.3 is 21.9 Å². The molecule has 0 spiro atoms. The Morgan fingerprint density at radius 1 is 1.15 bits per heavy atom.